The summed E-state index contributed by atoms with van der Waals surface area (Å²) in [5.41, 5.74) is -0.487. The topological polar surface area (TPSA) is 195 Å². The van der Waals surface area contributed by atoms with Crippen LogP contribution in [0.5, 0.6) is 5.75 Å². The minimum atomic E-state index is -2.65. The number of hydrogen-bond donors (Lipinski definition) is 9. The number of rotatable bonds is 5. The number of ether oxygens (including phenoxy) is 1. The Labute approximate surface area is 247 Å². The van der Waals surface area contributed by atoms with E-state index >= 15 is 0 Å². The van der Waals surface area contributed by atoms with Crippen LogP contribution in [0.1, 0.15) is 46.5 Å². The van der Waals surface area contributed by atoms with Gasteiger partial charge in [0.15, 0.2) is 17.6 Å². The minimum Gasteiger partial charge on any atom is -0.492 e. The summed E-state index contributed by atoms with van der Waals surface area (Å²) in [5, 5.41) is 55.1. The predicted molar refractivity (Wildman–Crippen MR) is 154 cm³/mol. The van der Waals surface area contributed by atoms with Crippen molar-refractivity contribution < 1.29 is 24.5 Å². The fourth-order valence-electron chi connectivity index (χ4n) is 6.47. The molecule has 4 aliphatic rings. The Morgan fingerprint density at radius 1 is 1.14 bits per heavy atom. The van der Waals surface area contributed by atoms with Crippen molar-refractivity contribution in [1.82, 2.24) is 31.5 Å². The van der Waals surface area contributed by atoms with Crippen LogP contribution in [-0.4, -0.2) is 88.1 Å². The monoisotopic (exact) mass is 596 g/mol. The number of nitrogens with one attached hydrogen (secondary N) is 7. The molecule has 3 fully saturated rings. The molecule has 1 spiro atoms. The molecular weight excluding hydrogens is 564 g/mol. The third-order valence-electron chi connectivity index (χ3n) is 8.73. The Kier molecular flexibility index (Phi) is 6.52. The maximum atomic E-state index is 13.6. The highest BCUT2D eigenvalue weighted by atomic mass is 35.5. The number of hydrogen-bond acceptors (Lipinski definition) is 7. The summed E-state index contributed by atoms with van der Waals surface area (Å²) in [5.74, 6) is -3.51. The molecule has 4 aliphatic heterocycles. The first-order valence-electron chi connectivity index (χ1n) is 13.7. The lowest BCUT2D eigenvalue weighted by Crippen LogP contribution is -2.81. The van der Waals surface area contributed by atoms with Gasteiger partial charge in [0.25, 0.3) is 11.8 Å². The van der Waals surface area contributed by atoms with Gasteiger partial charge in [0.2, 0.25) is 5.79 Å². The van der Waals surface area contributed by atoms with Crippen molar-refractivity contribution in [3.05, 3.63) is 64.2 Å². The molecule has 0 unspecified atom stereocenters. The summed E-state index contributed by atoms with van der Waals surface area (Å²) in [6.45, 7) is 4.44. The molecule has 0 saturated carbocycles. The second kappa shape index (κ2) is 9.75. The molecule has 6 rings (SSSR count). The highest BCUT2D eigenvalue weighted by Gasteiger charge is 2.74. The van der Waals surface area contributed by atoms with Gasteiger partial charge in [0.05, 0.1) is 24.3 Å². The van der Waals surface area contributed by atoms with E-state index in [0.717, 1.165) is 12.0 Å². The zero-order valence-corrected chi connectivity index (χ0v) is 23.8. The summed E-state index contributed by atoms with van der Waals surface area (Å²) in [4.78, 5) is 27.7. The maximum absolute atomic E-state index is 13.6. The second-order valence-electron chi connectivity index (χ2n) is 11.7. The molecule has 42 heavy (non-hydrogen) atoms. The van der Waals surface area contributed by atoms with Crippen LogP contribution in [0.25, 0.3) is 0 Å². The van der Waals surface area contributed by atoms with Crippen molar-refractivity contribution in [2.24, 2.45) is 0 Å². The third kappa shape index (κ3) is 4.22. The molecule has 13 nitrogen and oxygen atoms in total. The highest BCUT2D eigenvalue weighted by molar-refractivity contribution is 6.31. The molecular formula is C28H33ClN8O5. The average Bonchev–Trinajstić information content (AvgIpc) is 3.40. The molecule has 9 N–H and O–H groups in total. The molecule has 0 radical (unpaired) electrons. The third-order valence-corrected chi connectivity index (χ3v) is 8.97. The van der Waals surface area contributed by atoms with Gasteiger partial charge in [-0.05, 0) is 36.1 Å². The lowest BCUT2D eigenvalue weighted by molar-refractivity contribution is -0.232. The average molecular weight is 597 g/mol. The molecule has 4 heterocycles. The number of halogens is 1. The van der Waals surface area contributed by atoms with E-state index in [1.807, 2.05) is 6.07 Å². The zero-order chi connectivity index (χ0) is 30.0. The fraction of sp³-hybridized carbons (Fsp3) is 0.429. The van der Waals surface area contributed by atoms with Crippen LogP contribution in [0.3, 0.4) is 0 Å². The van der Waals surface area contributed by atoms with Gasteiger partial charge < -0.3 is 46.4 Å². The minimum absolute atomic E-state index is 0.0215. The van der Waals surface area contributed by atoms with Gasteiger partial charge in [-0.25, -0.2) is 0 Å². The Morgan fingerprint density at radius 3 is 2.67 bits per heavy atom. The van der Waals surface area contributed by atoms with Crippen LogP contribution in [-0.2, 0) is 5.41 Å². The SMILES string of the molecule is CC1(C)CCOc2c(C(=O)N[C@H]3CN4C(=N)N[C@@H](CNC(=O)c5cccc(Cl)c5)[C@@H]5NC(=N)N[C@@]54C3(O)O)cccc21. The second-order valence-corrected chi connectivity index (χ2v) is 12.2. The molecule has 2 aromatic carbocycles. The first-order valence-corrected chi connectivity index (χ1v) is 14.0. The first kappa shape index (κ1) is 28.1. The van der Waals surface area contributed by atoms with Gasteiger partial charge in [0, 0.05) is 29.2 Å². The maximum Gasteiger partial charge on any atom is 0.255 e. The Bertz CT molecular complexity index is 1500. The summed E-state index contributed by atoms with van der Waals surface area (Å²) in [6, 6.07) is 8.86. The molecule has 3 saturated heterocycles. The first-order chi connectivity index (χ1) is 19.8. The quantitative estimate of drug-likeness (QED) is 0.214. The van der Waals surface area contributed by atoms with Crippen LogP contribution in [0.2, 0.25) is 5.02 Å². The Hall–Kier alpha value is -4.07. The van der Waals surface area contributed by atoms with Crippen LogP contribution in [0.15, 0.2) is 42.5 Å². The molecule has 2 aromatic rings. The smallest absolute Gasteiger partial charge is 0.255 e. The number of carbonyl (C=O) groups is 2. The normalized spacial score (nSPS) is 28.2. The largest absolute Gasteiger partial charge is 0.492 e. The standard InChI is InChI=1S/C28H33ClN8O5/c1-26(2)9-10-42-20-16(7-4-8-17(20)26)23(39)34-19-13-37-25(31)33-18(12-32-22(38)14-5-3-6-15(29)11-14)21-27(37,28(19,40)41)36-24(30)35-21/h3-8,11,18-19,21,40-41H,9-10,12-13H2,1-2H3,(H2,31,33)(H,32,38)(H,34,39)(H3,30,35,36)/t18-,19-,21-,27-/m0/s1. The number of aliphatic hydroxyl groups is 2. The van der Waals surface area contributed by atoms with E-state index in [1.54, 1.807) is 30.3 Å². The van der Waals surface area contributed by atoms with Gasteiger partial charge in [-0.15, -0.1) is 0 Å². The van der Waals surface area contributed by atoms with E-state index in [-0.39, 0.29) is 36.0 Å². The summed E-state index contributed by atoms with van der Waals surface area (Å²) >= 11 is 6.01. The molecule has 4 atom stereocenters. The summed E-state index contributed by atoms with van der Waals surface area (Å²) in [6.07, 6.45) is 0.795. The number of amides is 2. The van der Waals surface area contributed by atoms with Crippen LogP contribution < -0.4 is 31.3 Å². The van der Waals surface area contributed by atoms with E-state index in [2.05, 4.69) is 40.4 Å². The summed E-state index contributed by atoms with van der Waals surface area (Å²) < 4.78 is 5.89. The van der Waals surface area contributed by atoms with Gasteiger partial charge >= 0.3 is 0 Å². The number of guanidine groups is 2. The molecule has 2 amide bonds. The van der Waals surface area contributed by atoms with Crippen LogP contribution >= 0.6 is 11.6 Å². The van der Waals surface area contributed by atoms with E-state index in [4.69, 9.17) is 27.2 Å². The van der Waals surface area contributed by atoms with E-state index < -0.39 is 41.4 Å². The van der Waals surface area contributed by atoms with E-state index in [0.29, 0.717) is 22.9 Å². The van der Waals surface area contributed by atoms with E-state index in [1.165, 1.54) is 11.0 Å². The highest BCUT2D eigenvalue weighted by Crippen LogP contribution is 2.44. The van der Waals surface area contributed by atoms with Crippen molar-refractivity contribution in [3.8, 4) is 5.75 Å². The van der Waals surface area contributed by atoms with E-state index in [9.17, 15) is 19.8 Å². The van der Waals surface area contributed by atoms with Crippen molar-refractivity contribution in [1.29, 1.82) is 10.8 Å². The molecule has 0 aliphatic carbocycles. The zero-order valence-electron chi connectivity index (χ0n) is 23.0. The van der Waals surface area contributed by atoms with Crippen molar-refractivity contribution >= 4 is 35.3 Å². The fourth-order valence-corrected chi connectivity index (χ4v) is 6.66. The van der Waals surface area contributed by atoms with Gasteiger partial charge in [-0.3, -0.25) is 20.4 Å². The van der Waals surface area contributed by atoms with Crippen molar-refractivity contribution in [2.75, 3.05) is 19.7 Å². The van der Waals surface area contributed by atoms with Crippen molar-refractivity contribution in [3.63, 3.8) is 0 Å². The molecule has 222 valence electrons. The number of para-hydroxylation sites is 1. The number of benzene rings is 2. The Morgan fingerprint density at radius 2 is 1.90 bits per heavy atom. The number of fused-ring (bicyclic) bond motifs is 1. The Balaban J connectivity index is 1.26. The van der Waals surface area contributed by atoms with Crippen molar-refractivity contribution in [2.45, 2.75) is 55.3 Å². The van der Waals surface area contributed by atoms with Crippen LogP contribution in [0.4, 0.5) is 0 Å². The number of carbonyl (C=O) groups excluding carboxylic acids is 2. The lowest BCUT2D eigenvalue weighted by atomic mass is 9.79. The summed E-state index contributed by atoms with van der Waals surface area (Å²) in [7, 11) is 0. The van der Waals surface area contributed by atoms with Gasteiger partial charge in [0.1, 0.15) is 11.8 Å². The van der Waals surface area contributed by atoms with Gasteiger partial charge in [-0.1, -0.05) is 43.6 Å². The molecule has 0 aromatic heterocycles. The van der Waals surface area contributed by atoms with Crippen LogP contribution in [0, 0.1) is 10.8 Å². The van der Waals surface area contributed by atoms with Gasteiger partial charge in [-0.2, -0.15) is 0 Å². The number of nitrogens with zero attached hydrogens (tertiary/aromatic N) is 1. The molecule has 0 bridgehead atoms. The molecule has 14 heteroatoms. The lowest BCUT2D eigenvalue weighted by Gasteiger charge is -2.51. The predicted octanol–water partition coefficient (Wildman–Crippen LogP) is 0.0240.